The number of hydrogen-bond acceptors (Lipinski definition) is 1. The van der Waals surface area contributed by atoms with Crippen LogP contribution in [0.1, 0.15) is 11.1 Å². The molecule has 1 aliphatic rings. The van der Waals surface area contributed by atoms with Crippen molar-refractivity contribution < 1.29 is 0 Å². The molecular weight excluding hydrogens is 282 g/mol. The highest BCUT2D eigenvalue weighted by Crippen LogP contribution is 2.43. The number of alkyl halides is 2. The minimum absolute atomic E-state index is 0.294. The van der Waals surface area contributed by atoms with Gasteiger partial charge < -0.3 is 5.73 Å². The summed E-state index contributed by atoms with van der Waals surface area (Å²) < 4.78 is -0.385. The molecular formula is C9H9Br2N. The molecule has 1 aromatic rings. The van der Waals surface area contributed by atoms with Crippen LogP contribution in [0.15, 0.2) is 24.3 Å². The maximum absolute atomic E-state index is 6.10. The first-order valence-electron chi connectivity index (χ1n) is 3.82. The Kier molecular flexibility index (Phi) is 2.05. The molecule has 0 spiro atoms. The standard InChI is InChI=1S/C9H9Br2N/c10-8-5-6-3-1-2-4-7(6)9(8,11)12/h1-4,8H,5,12H2. The third kappa shape index (κ3) is 1.15. The Labute approximate surface area is 88.6 Å². The van der Waals surface area contributed by atoms with E-state index in [2.05, 4.69) is 44.0 Å². The predicted molar refractivity (Wildman–Crippen MR) is 57.7 cm³/mol. The molecule has 0 radical (unpaired) electrons. The van der Waals surface area contributed by atoms with E-state index in [4.69, 9.17) is 5.73 Å². The van der Waals surface area contributed by atoms with Crippen molar-refractivity contribution in [2.75, 3.05) is 0 Å². The Morgan fingerprint density at radius 3 is 2.75 bits per heavy atom. The first-order chi connectivity index (χ1) is 5.62. The first kappa shape index (κ1) is 8.73. The number of halogens is 2. The average Bonchev–Trinajstić information content (AvgIpc) is 2.25. The van der Waals surface area contributed by atoms with Gasteiger partial charge in [0.2, 0.25) is 0 Å². The van der Waals surface area contributed by atoms with Crippen molar-refractivity contribution in [3.8, 4) is 0 Å². The van der Waals surface area contributed by atoms with E-state index in [0.717, 1.165) is 6.42 Å². The van der Waals surface area contributed by atoms with Crippen molar-refractivity contribution in [2.24, 2.45) is 5.73 Å². The fourth-order valence-electron chi connectivity index (χ4n) is 1.58. The highest BCUT2D eigenvalue weighted by molar-refractivity contribution is 9.12. The second-order valence-electron chi connectivity index (χ2n) is 3.10. The third-order valence-corrected chi connectivity index (χ3v) is 4.93. The Hall–Kier alpha value is 0.140. The summed E-state index contributed by atoms with van der Waals surface area (Å²) in [5, 5.41) is 0. The minimum Gasteiger partial charge on any atom is -0.312 e. The number of rotatable bonds is 0. The molecule has 2 unspecified atom stereocenters. The molecule has 1 aliphatic carbocycles. The van der Waals surface area contributed by atoms with Gasteiger partial charge in [-0.2, -0.15) is 0 Å². The van der Waals surface area contributed by atoms with E-state index >= 15 is 0 Å². The fraction of sp³-hybridized carbons (Fsp3) is 0.333. The molecule has 2 rings (SSSR count). The fourth-order valence-corrected chi connectivity index (χ4v) is 2.73. The van der Waals surface area contributed by atoms with Crippen LogP contribution in [0.5, 0.6) is 0 Å². The third-order valence-electron chi connectivity index (χ3n) is 2.29. The summed E-state index contributed by atoms with van der Waals surface area (Å²) in [4.78, 5) is 0.294. The van der Waals surface area contributed by atoms with Crippen LogP contribution in [0.2, 0.25) is 0 Å². The van der Waals surface area contributed by atoms with E-state index in [1.54, 1.807) is 0 Å². The van der Waals surface area contributed by atoms with E-state index in [-0.39, 0.29) is 4.45 Å². The second kappa shape index (κ2) is 2.82. The SMILES string of the molecule is NC1(Br)c2ccccc2CC1Br. The molecule has 0 aliphatic heterocycles. The minimum atomic E-state index is -0.385. The van der Waals surface area contributed by atoms with Crippen LogP contribution >= 0.6 is 31.9 Å². The maximum atomic E-state index is 6.10. The van der Waals surface area contributed by atoms with E-state index in [1.807, 2.05) is 12.1 Å². The van der Waals surface area contributed by atoms with Crippen LogP contribution in [0.4, 0.5) is 0 Å². The van der Waals surface area contributed by atoms with Gasteiger partial charge >= 0.3 is 0 Å². The summed E-state index contributed by atoms with van der Waals surface area (Å²) in [6.45, 7) is 0. The van der Waals surface area contributed by atoms with Crippen molar-refractivity contribution in [1.82, 2.24) is 0 Å². The number of fused-ring (bicyclic) bond motifs is 1. The smallest absolute Gasteiger partial charge is 0.110 e. The number of benzene rings is 1. The molecule has 2 N–H and O–H groups in total. The van der Waals surface area contributed by atoms with Crippen molar-refractivity contribution in [2.45, 2.75) is 15.7 Å². The molecule has 1 nitrogen and oxygen atoms in total. The lowest BCUT2D eigenvalue weighted by atomic mass is 10.1. The molecule has 64 valence electrons. The van der Waals surface area contributed by atoms with Gasteiger partial charge in [0.05, 0.1) is 4.83 Å². The molecule has 0 bridgehead atoms. The summed E-state index contributed by atoms with van der Waals surface area (Å²) in [6, 6.07) is 8.27. The van der Waals surface area contributed by atoms with Gasteiger partial charge in [0.15, 0.2) is 0 Å². The van der Waals surface area contributed by atoms with Crippen LogP contribution in [0, 0.1) is 0 Å². The quantitative estimate of drug-likeness (QED) is 0.577. The van der Waals surface area contributed by atoms with Gasteiger partial charge in [-0.05, 0) is 17.5 Å². The molecule has 0 amide bonds. The normalized spacial score (nSPS) is 33.4. The lowest BCUT2D eigenvalue weighted by Crippen LogP contribution is -2.34. The average molecular weight is 291 g/mol. The number of nitrogens with two attached hydrogens (primary N) is 1. The van der Waals surface area contributed by atoms with Gasteiger partial charge in [0, 0.05) is 0 Å². The van der Waals surface area contributed by atoms with Gasteiger partial charge in [0.25, 0.3) is 0 Å². The molecule has 0 heterocycles. The molecule has 0 fully saturated rings. The van der Waals surface area contributed by atoms with Crippen LogP contribution in [0.3, 0.4) is 0 Å². The summed E-state index contributed by atoms with van der Waals surface area (Å²) in [5.41, 5.74) is 8.64. The molecule has 1 aromatic carbocycles. The highest BCUT2D eigenvalue weighted by Gasteiger charge is 2.39. The largest absolute Gasteiger partial charge is 0.312 e. The summed E-state index contributed by atoms with van der Waals surface area (Å²) in [5.74, 6) is 0. The Morgan fingerprint density at radius 1 is 1.42 bits per heavy atom. The molecule has 12 heavy (non-hydrogen) atoms. The zero-order valence-electron chi connectivity index (χ0n) is 6.43. The van der Waals surface area contributed by atoms with Crippen LogP contribution in [0.25, 0.3) is 0 Å². The van der Waals surface area contributed by atoms with Gasteiger partial charge in [-0.25, -0.2) is 0 Å². The van der Waals surface area contributed by atoms with Crippen molar-refractivity contribution in [3.05, 3.63) is 35.4 Å². The Morgan fingerprint density at radius 2 is 2.08 bits per heavy atom. The van der Waals surface area contributed by atoms with Gasteiger partial charge in [-0.3, -0.25) is 0 Å². The first-order valence-corrected chi connectivity index (χ1v) is 5.53. The predicted octanol–water partition coefficient (Wildman–Crippen LogP) is 2.51. The molecule has 2 atom stereocenters. The van der Waals surface area contributed by atoms with Crippen molar-refractivity contribution in [1.29, 1.82) is 0 Å². The molecule has 0 saturated carbocycles. The topological polar surface area (TPSA) is 26.0 Å². The van der Waals surface area contributed by atoms with Crippen molar-refractivity contribution >= 4 is 31.9 Å². The van der Waals surface area contributed by atoms with Crippen LogP contribution < -0.4 is 5.73 Å². The Bertz CT molecular complexity index is 309. The summed E-state index contributed by atoms with van der Waals surface area (Å²) in [6.07, 6.45) is 0.998. The lowest BCUT2D eigenvalue weighted by Gasteiger charge is -2.20. The highest BCUT2D eigenvalue weighted by atomic mass is 79.9. The van der Waals surface area contributed by atoms with E-state index in [0.29, 0.717) is 4.83 Å². The monoisotopic (exact) mass is 289 g/mol. The van der Waals surface area contributed by atoms with Crippen LogP contribution in [-0.4, -0.2) is 4.83 Å². The summed E-state index contributed by atoms with van der Waals surface area (Å²) >= 11 is 7.11. The number of hydrogen-bond donors (Lipinski definition) is 1. The Balaban J connectivity index is 2.55. The van der Waals surface area contributed by atoms with Gasteiger partial charge in [-0.15, -0.1) is 0 Å². The molecule has 0 aromatic heterocycles. The van der Waals surface area contributed by atoms with Crippen molar-refractivity contribution in [3.63, 3.8) is 0 Å². The molecule has 0 saturated heterocycles. The van der Waals surface area contributed by atoms with E-state index < -0.39 is 0 Å². The van der Waals surface area contributed by atoms with Gasteiger partial charge in [-0.1, -0.05) is 56.1 Å². The lowest BCUT2D eigenvalue weighted by molar-refractivity contribution is 0.690. The van der Waals surface area contributed by atoms with E-state index in [1.165, 1.54) is 11.1 Å². The van der Waals surface area contributed by atoms with Crippen LogP contribution in [-0.2, 0) is 10.9 Å². The summed E-state index contributed by atoms with van der Waals surface area (Å²) in [7, 11) is 0. The molecule has 3 heteroatoms. The second-order valence-corrected chi connectivity index (χ2v) is 5.51. The van der Waals surface area contributed by atoms with E-state index in [9.17, 15) is 0 Å². The van der Waals surface area contributed by atoms with Gasteiger partial charge in [0.1, 0.15) is 4.45 Å². The zero-order valence-corrected chi connectivity index (χ0v) is 9.60. The maximum Gasteiger partial charge on any atom is 0.110 e. The zero-order chi connectivity index (χ0) is 8.77.